The lowest BCUT2D eigenvalue weighted by Crippen LogP contribution is -2.35. The molecule has 0 radical (unpaired) electrons. The monoisotopic (exact) mass is 333 g/mol. The highest BCUT2D eigenvalue weighted by Gasteiger charge is 2.25. The predicted octanol–water partition coefficient (Wildman–Crippen LogP) is 4.80. The first kappa shape index (κ1) is 15.9. The molecule has 2 aliphatic rings. The molecule has 2 aromatic carbocycles. The van der Waals surface area contributed by atoms with E-state index in [0.717, 1.165) is 38.5 Å². The molecule has 0 aliphatic heterocycles. The van der Waals surface area contributed by atoms with E-state index in [9.17, 15) is 4.79 Å². The largest absolute Gasteiger partial charge is 0.465 e. The van der Waals surface area contributed by atoms with Gasteiger partial charge in [-0.25, -0.2) is 4.79 Å². The molecule has 2 aromatic rings. The molecule has 0 heterocycles. The fraction of sp³-hybridized carbons (Fsp3) is 0.318. The van der Waals surface area contributed by atoms with Crippen molar-refractivity contribution in [3.05, 3.63) is 76.4 Å². The zero-order valence-electron chi connectivity index (χ0n) is 14.3. The standard InChI is InChI=1S/C22H23NO2/c24-22(25)23-18-13-11-17(12-14-18)21-19-7-3-1-5-15(19)9-10-16-6-2-4-8-20(16)21/h1-8,18,23H,9-14H2,(H,24,25). The summed E-state index contributed by atoms with van der Waals surface area (Å²) < 4.78 is 0. The number of fused-ring (bicyclic) bond motifs is 2. The molecule has 4 rings (SSSR count). The third kappa shape index (κ3) is 3.19. The van der Waals surface area contributed by atoms with Gasteiger partial charge in [-0.05, 0) is 66.4 Å². The Morgan fingerprint density at radius 3 is 1.88 bits per heavy atom. The summed E-state index contributed by atoms with van der Waals surface area (Å²) in [6.45, 7) is 0. The number of carbonyl (C=O) groups is 1. The first-order chi connectivity index (χ1) is 12.2. The van der Waals surface area contributed by atoms with Crippen LogP contribution in [0.3, 0.4) is 0 Å². The number of amides is 1. The van der Waals surface area contributed by atoms with E-state index < -0.39 is 6.09 Å². The average molecular weight is 333 g/mol. The van der Waals surface area contributed by atoms with E-state index in [2.05, 4.69) is 53.8 Å². The van der Waals surface area contributed by atoms with Crippen LogP contribution in [0.1, 0.15) is 47.9 Å². The predicted molar refractivity (Wildman–Crippen MR) is 99.7 cm³/mol. The van der Waals surface area contributed by atoms with Gasteiger partial charge in [0.2, 0.25) is 0 Å². The summed E-state index contributed by atoms with van der Waals surface area (Å²) in [5.41, 5.74) is 8.46. The number of allylic oxidation sites excluding steroid dienone is 1. The van der Waals surface area contributed by atoms with Crippen LogP contribution < -0.4 is 5.32 Å². The van der Waals surface area contributed by atoms with Gasteiger partial charge < -0.3 is 10.4 Å². The van der Waals surface area contributed by atoms with Gasteiger partial charge in [-0.1, -0.05) is 54.1 Å². The minimum absolute atomic E-state index is 0.0816. The van der Waals surface area contributed by atoms with E-state index in [0.29, 0.717) is 0 Å². The molecule has 0 atom stereocenters. The van der Waals surface area contributed by atoms with Crippen LogP contribution in [0.2, 0.25) is 0 Å². The van der Waals surface area contributed by atoms with Crippen LogP contribution in [0.5, 0.6) is 0 Å². The number of hydrogen-bond donors (Lipinski definition) is 2. The second-order valence-electron chi connectivity index (χ2n) is 7.02. The van der Waals surface area contributed by atoms with Gasteiger partial charge in [-0.3, -0.25) is 0 Å². The van der Waals surface area contributed by atoms with E-state index in [1.807, 2.05) is 0 Å². The molecule has 2 N–H and O–H groups in total. The van der Waals surface area contributed by atoms with E-state index in [1.165, 1.54) is 33.4 Å². The smallest absolute Gasteiger partial charge is 0.404 e. The summed E-state index contributed by atoms with van der Waals surface area (Å²) in [6, 6.07) is 17.6. The molecule has 0 spiro atoms. The molecule has 25 heavy (non-hydrogen) atoms. The maximum Gasteiger partial charge on any atom is 0.404 e. The Morgan fingerprint density at radius 1 is 0.840 bits per heavy atom. The van der Waals surface area contributed by atoms with E-state index in [4.69, 9.17) is 5.11 Å². The van der Waals surface area contributed by atoms with Crippen molar-refractivity contribution in [3.8, 4) is 0 Å². The zero-order valence-corrected chi connectivity index (χ0v) is 14.3. The number of carboxylic acid groups (broad SMARTS) is 1. The lowest BCUT2D eigenvalue weighted by atomic mass is 9.82. The lowest BCUT2D eigenvalue weighted by Gasteiger charge is -2.27. The fourth-order valence-corrected chi connectivity index (χ4v) is 4.29. The Morgan fingerprint density at radius 2 is 1.36 bits per heavy atom. The van der Waals surface area contributed by atoms with Crippen molar-refractivity contribution < 1.29 is 9.90 Å². The molecule has 0 bridgehead atoms. The normalized spacial score (nSPS) is 19.6. The maximum atomic E-state index is 10.9. The number of aryl methyl sites for hydroxylation is 2. The molecular formula is C22H23NO2. The first-order valence-corrected chi connectivity index (χ1v) is 9.10. The summed E-state index contributed by atoms with van der Waals surface area (Å²) >= 11 is 0. The highest BCUT2D eigenvalue weighted by Crippen LogP contribution is 2.39. The number of rotatable bonds is 1. The van der Waals surface area contributed by atoms with Crippen LogP contribution >= 0.6 is 0 Å². The minimum Gasteiger partial charge on any atom is -0.465 e. The van der Waals surface area contributed by atoms with Crippen molar-refractivity contribution in [3.63, 3.8) is 0 Å². The van der Waals surface area contributed by atoms with Crippen molar-refractivity contribution in [2.24, 2.45) is 0 Å². The first-order valence-electron chi connectivity index (χ1n) is 9.10. The quantitative estimate of drug-likeness (QED) is 0.788. The number of hydrogen-bond acceptors (Lipinski definition) is 1. The van der Waals surface area contributed by atoms with Crippen LogP contribution in [0.25, 0.3) is 5.57 Å². The van der Waals surface area contributed by atoms with Gasteiger partial charge in [-0.15, -0.1) is 0 Å². The lowest BCUT2D eigenvalue weighted by molar-refractivity contribution is 0.187. The molecule has 3 nitrogen and oxygen atoms in total. The van der Waals surface area contributed by atoms with E-state index >= 15 is 0 Å². The van der Waals surface area contributed by atoms with E-state index in [-0.39, 0.29) is 6.04 Å². The minimum atomic E-state index is -0.911. The van der Waals surface area contributed by atoms with Gasteiger partial charge in [0.15, 0.2) is 0 Å². The summed E-state index contributed by atoms with van der Waals surface area (Å²) in [7, 11) is 0. The van der Waals surface area contributed by atoms with E-state index in [1.54, 1.807) is 0 Å². The van der Waals surface area contributed by atoms with Crippen LogP contribution in [0.4, 0.5) is 4.79 Å². The second kappa shape index (κ2) is 6.75. The molecule has 1 fully saturated rings. The van der Waals surface area contributed by atoms with Gasteiger partial charge in [0, 0.05) is 6.04 Å². The Balaban J connectivity index is 1.77. The summed E-state index contributed by atoms with van der Waals surface area (Å²) in [4.78, 5) is 10.9. The highest BCUT2D eigenvalue weighted by molar-refractivity contribution is 5.86. The van der Waals surface area contributed by atoms with Crippen LogP contribution in [0, 0.1) is 0 Å². The van der Waals surface area contributed by atoms with Gasteiger partial charge in [0.05, 0.1) is 0 Å². The fourth-order valence-electron chi connectivity index (χ4n) is 4.29. The molecular weight excluding hydrogens is 310 g/mol. The van der Waals surface area contributed by atoms with Crippen molar-refractivity contribution in [1.29, 1.82) is 0 Å². The Bertz CT molecular complexity index is 778. The molecule has 0 unspecified atom stereocenters. The molecule has 1 saturated carbocycles. The maximum absolute atomic E-state index is 10.9. The average Bonchev–Trinajstić information content (AvgIpc) is 2.79. The Kier molecular flexibility index (Phi) is 4.31. The molecule has 128 valence electrons. The molecule has 2 aliphatic carbocycles. The zero-order chi connectivity index (χ0) is 17.2. The second-order valence-corrected chi connectivity index (χ2v) is 7.02. The van der Waals surface area contributed by atoms with Crippen molar-refractivity contribution in [1.82, 2.24) is 5.32 Å². The summed E-state index contributed by atoms with van der Waals surface area (Å²) in [6.07, 6.45) is 4.93. The SMILES string of the molecule is O=C(O)NC1CCC(=C2c3ccccc3CCc3ccccc32)CC1. The molecule has 1 amide bonds. The van der Waals surface area contributed by atoms with Gasteiger partial charge in [0.25, 0.3) is 0 Å². The van der Waals surface area contributed by atoms with Gasteiger partial charge in [0.1, 0.15) is 0 Å². The van der Waals surface area contributed by atoms with Crippen molar-refractivity contribution in [2.75, 3.05) is 0 Å². The summed E-state index contributed by atoms with van der Waals surface area (Å²) in [5.74, 6) is 0. The van der Waals surface area contributed by atoms with Crippen LogP contribution in [0.15, 0.2) is 54.1 Å². The van der Waals surface area contributed by atoms with Gasteiger partial charge in [-0.2, -0.15) is 0 Å². The molecule has 0 aromatic heterocycles. The Labute approximate surface area is 148 Å². The number of benzene rings is 2. The van der Waals surface area contributed by atoms with Crippen LogP contribution in [-0.4, -0.2) is 17.2 Å². The third-order valence-electron chi connectivity index (χ3n) is 5.51. The van der Waals surface area contributed by atoms with Crippen LogP contribution in [-0.2, 0) is 12.8 Å². The van der Waals surface area contributed by atoms with Gasteiger partial charge >= 0.3 is 6.09 Å². The topological polar surface area (TPSA) is 49.3 Å². The molecule has 0 saturated heterocycles. The highest BCUT2D eigenvalue weighted by atomic mass is 16.4. The summed E-state index contributed by atoms with van der Waals surface area (Å²) in [5, 5.41) is 11.6. The third-order valence-corrected chi connectivity index (χ3v) is 5.51. The molecule has 3 heteroatoms. The number of nitrogens with one attached hydrogen (secondary N) is 1. The van der Waals surface area contributed by atoms with Crippen molar-refractivity contribution >= 4 is 11.7 Å². The Hall–Kier alpha value is -2.55. The van der Waals surface area contributed by atoms with Crippen molar-refractivity contribution in [2.45, 2.75) is 44.6 Å².